The number of hydrogen-bond donors (Lipinski definition) is 0. The van der Waals surface area contributed by atoms with Crippen molar-refractivity contribution in [1.82, 2.24) is 0 Å². The summed E-state index contributed by atoms with van der Waals surface area (Å²) in [6.45, 7) is 7.52. The normalized spacial score (nSPS) is 16.3. The monoisotopic (exact) mass is 263 g/mol. The molecule has 0 aromatic heterocycles. The summed E-state index contributed by atoms with van der Waals surface area (Å²) in [5.41, 5.74) is 4.01. The number of nitriles is 1. The van der Waals surface area contributed by atoms with E-state index >= 15 is 0 Å². The molecule has 2 heteroatoms. The van der Waals surface area contributed by atoms with Crippen LogP contribution in [0.15, 0.2) is 36.4 Å². The van der Waals surface area contributed by atoms with Crippen LogP contribution in [-0.2, 0) is 5.41 Å². The number of fused-ring (bicyclic) bond motifs is 3. The molecule has 0 aliphatic carbocycles. The fraction of sp³-hybridized carbons (Fsp3) is 0.333. The molecule has 1 aliphatic heterocycles. The van der Waals surface area contributed by atoms with Crippen molar-refractivity contribution < 1.29 is 4.58 Å². The Labute approximate surface area is 120 Å². The molecule has 0 saturated heterocycles. The van der Waals surface area contributed by atoms with Crippen molar-refractivity contribution >= 4 is 22.2 Å². The van der Waals surface area contributed by atoms with Gasteiger partial charge in [0.1, 0.15) is 0 Å². The second kappa shape index (κ2) is 4.45. The first kappa shape index (κ1) is 12.9. The lowest BCUT2D eigenvalue weighted by Crippen LogP contribution is -2.26. The SMILES string of the molecule is CC1=[N+](CCC#N)c2ccc3ccccc3c2C1(C)C. The lowest BCUT2D eigenvalue weighted by Gasteiger charge is -2.17. The van der Waals surface area contributed by atoms with E-state index in [1.54, 1.807) is 0 Å². The molecule has 3 rings (SSSR count). The van der Waals surface area contributed by atoms with Gasteiger partial charge in [0.2, 0.25) is 5.69 Å². The summed E-state index contributed by atoms with van der Waals surface area (Å²) >= 11 is 0. The van der Waals surface area contributed by atoms with Crippen LogP contribution in [0.25, 0.3) is 10.8 Å². The van der Waals surface area contributed by atoms with Crippen LogP contribution in [0, 0.1) is 11.3 Å². The van der Waals surface area contributed by atoms with Gasteiger partial charge < -0.3 is 0 Å². The van der Waals surface area contributed by atoms with Gasteiger partial charge in [-0.3, -0.25) is 0 Å². The van der Waals surface area contributed by atoms with Crippen molar-refractivity contribution in [3.05, 3.63) is 42.0 Å². The van der Waals surface area contributed by atoms with E-state index in [0.29, 0.717) is 6.42 Å². The van der Waals surface area contributed by atoms with Crippen LogP contribution in [0.4, 0.5) is 5.69 Å². The maximum absolute atomic E-state index is 8.88. The van der Waals surface area contributed by atoms with Crippen molar-refractivity contribution in [3.8, 4) is 6.07 Å². The molecule has 0 bridgehead atoms. The van der Waals surface area contributed by atoms with Gasteiger partial charge in [-0.2, -0.15) is 9.84 Å². The summed E-state index contributed by atoms with van der Waals surface area (Å²) in [5.74, 6) is 0. The van der Waals surface area contributed by atoms with E-state index in [0.717, 1.165) is 6.54 Å². The third kappa shape index (κ3) is 1.67. The van der Waals surface area contributed by atoms with E-state index in [1.165, 1.54) is 27.7 Å². The van der Waals surface area contributed by atoms with Gasteiger partial charge in [-0.25, -0.2) is 0 Å². The highest BCUT2D eigenvalue weighted by Gasteiger charge is 2.43. The minimum atomic E-state index is 0.0195. The van der Waals surface area contributed by atoms with Crippen LogP contribution in [0.2, 0.25) is 0 Å². The molecular formula is C18H19N2+. The smallest absolute Gasteiger partial charge is 0.198 e. The third-order valence-corrected chi connectivity index (χ3v) is 4.58. The highest BCUT2D eigenvalue weighted by Crippen LogP contribution is 2.43. The summed E-state index contributed by atoms with van der Waals surface area (Å²) in [4.78, 5) is 0. The molecule has 0 N–H and O–H groups in total. The first-order chi connectivity index (χ1) is 9.57. The van der Waals surface area contributed by atoms with Gasteiger partial charge in [-0.05, 0) is 30.7 Å². The van der Waals surface area contributed by atoms with Gasteiger partial charge >= 0.3 is 0 Å². The van der Waals surface area contributed by atoms with E-state index in [-0.39, 0.29) is 5.41 Å². The zero-order valence-electron chi connectivity index (χ0n) is 12.3. The first-order valence-electron chi connectivity index (χ1n) is 7.08. The molecule has 100 valence electrons. The molecule has 0 radical (unpaired) electrons. The second-order valence-electron chi connectivity index (χ2n) is 5.95. The summed E-state index contributed by atoms with van der Waals surface area (Å²) in [7, 11) is 0. The van der Waals surface area contributed by atoms with Gasteiger partial charge in [0.05, 0.1) is 17.9 Å². The van der Waals surface area contributed by atoms with E-state index in [4.69, 9.17) is 5.26 Å². The van der Waals surface area contributed by atoms with Crippen LogP contribution in [0.3, 0.4) is 0 Å². The Morgan fingerprint density at radius 2 is 1.90 bits per heavy atom. The molecule has 2 aromatic carbocycles. The zero-order chi connectivity index (χ0) is 14.3. The average molecular weight is 263 g/mol. The number of hydrogen-bond acceptors (Lipinski definition) is 1. The van der Waals surface area contributed by atoms with Crippen LogP contribution in [-0.4, -0.2) is 16.8 Å². The molecule has 2 aromatic rings. The van der Waals surface area contributed by atoms with Gasteiger partial charge in [0.25, 0.3) is 0 Å². The largest absolute Gasteiger partial charge is 0.210 e. The third-order valence-electron chi connectivity index (χ3n) is 4.58. The van der Waals surface area contributed by atoms with E-state index in [9.17, 15) is 0 Å². The van der Waals surface area contributed by atoms with E-state index < -0.39 is 0 Å². The Hall–Kier alpha value is -2.14. The number of nitrogens with zero attached hydrogens (tertiary/aromatic N) is 2. The van der Waals surface area contributed by atoms with Crippen molar-refractivity contribution in [2.75, 3.05) is 6.54 Å². The molecule has 0 atom stereocenters. The first-order valence-corrected chi connectivity index (χ1v) is 7.08. The zero-order valence-corrected chi connectivity index (χ0v) is 12.3. The molecule has 1 heterocycles. The Kier molecular flexibility index (Phi) is 2.87. The average Bonchev–Trinajstić information content (AvgIpc) is 2.65. The summed E-state index contributed by atoms with van der Waals surface area (Å²) in [5, 5.41) is 11.5. The highest BCUT2D eigenvalue weighted by atomic mass is 15.1. The molecule has 0 spiro atoms. The fourth-order valence-electron chi connectivity index (χ4n) is 3.29. The molecule has 0 amide bonds. The highest BCUT2D eigenvalue weighted by molar-refractivity contribution is 6.01. The topological polar surface area (TPSA) is 26.8 Å². The predicted octanol–water partition coefficient (Wildman–Crippen LogP) is 4.15. The molecule has 0 fully saturated rings. The van der Waals surface area contributed by atoms with Gasteiger partial charge in [-0.1, -0.05) is 24.3 Å². The van der Waals surface area contributed by atoms with Crippen LogP contribution >= 0.6 is 0 Å². The predicted molar refractivity (Wildman–Crippen MR) is 82.7 cm³/mol. The second-order valence-corrected chi connectivity index (χ2v) is 5.95. The minimum Gasteiger partial charge on any atom is -0.198 e. The fourth-order valence-corrected chi connectivity index (χ4v) is 3.29. The lowest BCUT2D eigenvalue weighted by molar-refractivity contribution is -0.437. The summed E-state index contributed by atoms with van der Waals surface area (Å²) < 4.78 is 2.31. The number of benzene rings is 2. The summed E-state index contributed by atoms with van der Waals surface area (Å²) in [6, 6.07) is 15.2. The molecule has 1 aliphatic rings. The molecular weight excluding hydrogens is 244 g/mol. The lowest BCUT2D eigenvalue weighted by atomic mass is 9.80. The van der Waals surface area contributed by atoms with Crippen LogP contribution in [0.5, 0.6) is 0 Å². The van der Waals surface area contributed by atoms with Crippen molar-refractivity contribution in [1.29, 1.82) is 5.26 Å². The number of rotatable bonds is 2. The molecule has 0 unspecified atom stereocenters. The Balaban J connectivity index is 2.29. The van der Waals surface area contributed by atoms with E-state index in [2.05, 4.69) is 67.8 Å². The molecule has 2 nitrogen and oxygen atoms in total. The quantitative estimate of drug-likeness (QED) is 0.748. The van der Waals surface area contributed by atoms with Crippen molar-refractivity contribution in [3.63, 3.8) is 0 Å². The minimum absolute atomic E-state index is 0.0195. The molecule has 20 heavy (non-hydrogen) atoms. The maximum atomic E-state index is 8.88. The Morgan fingerprint density at radius 3 is 2.65 bits per heavy atom. The van der Waals surface area contributed by atoms with Gasteiger partial charge in [0.15, 0.2) is 12.3 Å². The van der Waals surface area contributed by atoms with Crippen LogP contribution < -0.4 is 0 Å². The van der Waals surface area contributed by atoms with E-state index in [1.807, 2.05) is 0 Å². The molecule has 0 saturated carbocycles. The van der Waals surface area contributed by atoms with Crippen LogP contribution in [0.1, 0.15) is 32.8 Å². The summed E-state index contributed by atoms with van der Waals surface area (Å²) in [6.07, 6.45) is 0.555. The standard InChI is InChI=1S/C18H19N2/c1-13-18(2,3)17-15-8-5-4-7-14(15)9-10-16(17)20(13)12-6-11-19/h4-5,7-10H,6,12H2,1-3H3/q+1. The van der Waals surface area contributed by atoms with Gasteiger partial charge in [-0.15, -0.1) is 0 Å². The Morgan fingerprint density at radius 1 is 1.15 bits per heavy atom. The van der Waals surface area contributed by atoms with Gasteiger partial charge in [0, 0.05) is 18.6 Å². The maximum Gasteiger partial charge on any atom is 0.210 e. The van der Waals surface area contributed by atoms with Crippen molar-refractivity contribution in [2.24, 2.45) is 0 Å². The van der Waals surface area contributed by atoms with Crippen molar-refractivity contribution in [2.45, 2.75) is 32.6 Å². The Bertz CT molecular complexity index is 761.